The van der Waals surface area contributed by atoms with E-state index in [4.69, 9.17) is 9.47 Å². The Morgan fingerprint density at radius 3 is 1.89 bits per heavy atom. The molecule has 5 heteroatoms. The SMILES string of the molecule is C=C(Oc1c(Br)cc(CCCCCCCCCCCC)cc1Br)C(=O)OCC. The molecule has 1 aromatic carbocycles. The average Bonchev–Trinajstić information content (AvgIpc) is 2.66. The minimum absolute atomic E-state index is 0.0225. The van der Waals surface area contributed by atoms with Gasteiger partial charge >= 0.3 is 5.97 Å². The largest absolute Gasteiger partial charge is 0.460 e. The summed E-state index contributed by atoms with van der Waals surface area (Å²) in [5, 5.41) is 0. The highest BCUT2D eigenvalue weighted by atomic mass is 79.9. The van der Waals surface area contributed by atoms with Crippen LogP contribution in [0.25, 0.3) is 0 Å². The van der Waals surface area contributed by atoms with E-state index in [1.807, 2.05) is 12.1 Å². The van der Waals surface area contributed by atoms with Gasteiger partial charge in [0.15, 0.2) is 5.75 Å². The van der Waals surface area contributed by atoms with E-state index in [2.05, 4.69) is 45.4 Å². The zero-order chi connectivity index (χ0) is 20.8. The van der Waals surface area contributed by atoms with Crippen LogP contribution < -0.4 is 4.74 Å². The summed E-state index contributed by atoms with van der Waals surface area (Å²) in [7, 11) is 0. The summed E-state index contributed by atoms with van der Waals surface area (Å²) in [6.07, 6.45) is 14.4. The lowest BCUT2D eigenvalue weighted by molar-refractivity contribution is -0.140. The number of ether oxygens (including phenoxy) is 2. The molecule has 0 N–H and O–H groups in total. The molecule has 0 heterocycles. The molecule has 28 heavy (non-hydrogen) atoms. The molecular formula is C23H34Br2O3. The minimum Gasteiger partial charge on any atom is -0.460 e. The van der Waals surface area contributed by atoms with Gasteiger partial charge in [-0.15, -0.1) is 0 Å². The van der Waals surface area contributed by atoms with Crippen LogP contribution in [0.5, 0.6) is 5.75 Å². The monoisotopic (exact) mass is 516 g/mol. The number of unbranched alkanes of at least 4 members (excludes halogenated alkanes) is 9. The second kappa shape index (κ2) is 15.1. The van der Waals surface area contributed by atoms with Gasteiger partial charge in [-0.25, -0.2) is 4.79 Å². The van der Waals surface area contributed by atoms with Gasteiger partial charge in [-0.1, -0.05) is 64.7 Å². The molecule has 0 aliphatic heterocycles. The molecule has 3 nitrogen and oxygen atoms in total. The number of aryl methyl sites for hydroxylation is 1. The summed E-state index contributed by atoms with van der Waals surface area (Å²) in [6, 6.07) is 4.10. The molecular weight excluding hydrogens is 484 g/mol. The summed E-state index contributed by atoms with van der Waals surface area (Å²) >= 11 is 7.07. The highest BCUT2D eigenvalue weighted by Gasteiger charge is 2.15. The molecule has 1 aromatic rings. The van der Waals surface area contributed by atoms with Crippen LogP contribution in [-0.2, 0) is 16.0 Å². The van der Waals surface area contributed by atoms with E-state index >= 15 is 0 Å². The zero-order valence-electron chi connectivity index (χ0n) is 17.3. The first kappa shape index (κ1) is 25.2. The van der Waals surface area contributed by atoms with Crippen LogP contribution in [0.15, 0.2) is 33.4 Å². The molecule has 0 amide bonds. The fraction of sp³-hybridized carbons (Fsp3) is 0.609. The number of rotatable bonds is 15. The molecule has 0 aromatic heterocycles. The molecule has 0 saturated carbocycles. The van der Waals surface area contributed by atoms with E-state index in [9.17, 15) is 4.79 Å². The normalized spacial score (nSPS) is 10.7. The zero-order valence-corrected chi connectivity index (χ0v) is 20.5. The first-order valence-corrected chi connectivity index (χ1v) is 12.1. The van der Waals surface area contributed by atoms with Crippen molar-refractivity contribution in [2.75, 3.05) is 6.61 Å². The predicted octanol–water partition coefficient (Wildman–Crippen LogP) is 8.13. The molecule has 0 aliphatic carbocycles. The van der Waals surface area contributed by atoms with Crippen LogP contribution >= 0.6 is 31.9 Å². The highest BCUT2D eigenvalue weighted by Crippen LogP contribution is 2.36. The first-order chi connectivity index (χ1) is 13.5. The van der Waals surface area contributed by atoms with Gasteiger partial charge in [-0.2, -0.15) is 0 Å². The Kier molecular flexibility index (Phi) is 13.6. The van der Waals surface area contributed by atoms with Gasteiger partial charge in [0.2, 0.25) is 5.76 Å². The lowest BCUT2D eigenvalue weighted by Crippen LogP contribution is -2.12. The van der Waals surface area contributed by atoms with E-state index in [1.54, 1.807) is 6.92 Å². The van der Waals surface area contributed by atoms with E-state index < -0.39 is 5.97 Å². The van der Waals surface area contributed by atoms with Crippen molar-refractivity contribution < 1.29 is 14.3 Å². The first-order valence-electron chi connectivity index (χ1n) is 10.5. The summed E-state index contributed by atoms with van der Waals surface area (Å²) in [4.78, 5) is 11.7. The Morgan fingerprint density at radius 1 is 0.893 bits per heavy atom. The van der Waals surface area contributed by atoms with Crippen LogP contribution in [0.2, 0.25) is 0 Å². The molecule has 0 radical (unpaired) electrons. The molecule has 0 atom stereocenters. The Hall–Kier alpha value is -0.810. The molecule has 158 valence electrons. The topological polar surface area (TPSA) is 35.5 Å². The number of carbonyl (C=O) groups is 1. The van der Waals surface area contributed by atoms with Gasteiger partial charge in [-0.3, -0.25) is 0 Å². The van der Waals surface area contributed by atoms with Gasteiger partial charge in [0.25, 0.3) is 0 Å². The third-order valence-corrected chi connectivity index (χ3v) is 5.78. The van der Waals surface area contributed by atoms with Crippen molar-refractivity contribution in [3.63, 3.8) is 0 Å². The molecule has 0 bridgehead atoms. The summed E-state index contributed by atoms with van der Waals surface area (Å²) < 4.78 is 12.1. The number of benzene rings is 1. The van der Waals surface area contributed by atoms with Crippen molar-refractivity contribution in [2.24, 2.45) is 0 Å². The molecule has 0 saturated heterocycles. The number of hydrogen-bond donors (Lipinski definition) is 0. The fourth-order valence-corrected chi connectivity index (χ4v) is 4.49. The Bertz CT molecular complexity index is 591. The maximum Gasteiger partial charge on any atom is 0.373 e. The van der Waals surface area contributed by atoms with E-state index in [-0.39, 0.29) is 5.76 Å². The standard InChI is InChI=1S/C23H34Br2O3/c1-4-6-7-8-9-10-11-12-13-14-15-19-16-20(24)22(21(25)17-19)28-18(3)23(26)27-5-2/h16-17H,3-15H2,1-2H3. The second-order valence-electron chi connectivity index (χ2n) is 7.07. The summed E-state index contributed by atoms with van der Waals surface area (Å²) in [6.45, 7) is 7.94. The third kappa shape index (κ3) is 10.1. The van der Waals surface area contributed by atoms with Crippen molar-refractivity contribution in [2.45, 2.75) is 84.5 Å². The van der Waals surface area contributed by atoms with Crippen molar-refractivity contribution in [1.82, 2.24) is 0 Å². The number of hydrogen-bond acceptors (Lipinski definition) is 3. The smallest absolute Gasteiger partial charge is 0.373 e. The van der Waals surface area contributed by atoms with Crippen LogP contribution in [0.4, 0.5) is 0 Å². The molecule has 1 rings (SSSR count). The van der Waals surface area contributed by atoms with E-state index in [1.165, 1.54) is 69.8 Å². The maximum atomic E-state index is 11.7. The Balaban J connectivity index is 2.34. The van der Waals surface area contributed by atoms with Crippen molar-refractivity contribution in [3.8, 4) is 5.75 Å². The van der Waals surface area contributed by atoms with Crippen molar-refractivity contribution >= 4 is 37.8 Å². The average molecular weight is 518 g/mol. The van der Waals surface area contributed by atoms with Gasteiger partial charge < -0.3 is 9.47 Å². The lowest BCUT2D eigenvalue weighted by Gasteiger charge is -2.13. The van der Waals surface area contributed by atoms with Crippen molar-refractivity contribution in [1.29, 1.82) is 0 Å². The predicted molar refractivity (Wildman–Crippen MR) is 124 cm³/mol. The van der Waals surface area contributed by atoms with Crippen LogP contribution in [-0.4, -0.2) is 12.6 Å². The number of halogens is 2. The number of esters is 1. The van der Waals surface area contributed by atoms with Gasteiger partial charge in [-0.05, 0) is 75.9 Å². The van der Waals surface area contributed by atoms with Crippen LogP contribution in [0.3, 0.4) is 0 Å². The van der Waals surface area contributed by atoms with Crippen molar-refractivity contribution in [3.05, 3.63) is 39.0 Å². The summed E-state index contributed by atoms with van der Waals surface area (Å²) in [5.41, 5.74) is 1.24. The third-order valence-electron chi connectivity index (χ3n) is 4.61. The second-order valence-corrected chi connectivity index (χ2v) is 8.77. The molecule has 0 fully saturated rings. The minimum atomic E-state index is -0.546. The highest BCUT2D eigenvalue weighted by molar-refractivity contribution is 9.11. The van der Waals surface area contributed by atoms with Crippen LogP contribution in [0.1, 0.15) is 83.6 Å². The summed E-state index contributed by atoms with van der Waals surface area (Å²) in [5.74, 6) is -0.0219. The lowest BCUT2D eigenvalue weighted by atomic mass is 10.0. The van der Waals surface area contributed by atoms with Gasteiger partial charge in [0.1, 0.15) is 0 Å². The van der Waals surface area contributed by atoms with Gasteiger partial charge in [0.05, 0.1) is 15.6 Å². The fourth-order valence-electron chi connectivity index (χ4n) is 3.05. The molecule has 0 spiro atoms. The van der Waals surface area contributed by atoms with Gasteiger partial charge in [0, 0.05) is 0 Å². The van der Waals surface area contributed by atoms with Crippen LogP contribution in [0, 0.1) is 0 Å². The Labute approximate surface area is 187 Å². The molecule has 0 aliphatic rings. The number of carbonyl (C=O) groups excluding carboxylic acids is 1. The maximum absolute atomic E-state index is 11.7. The van der Waals surface area contributed by atoms with E-state index in [0.29, 0.717) is 12.4 Å². The molecule has 0 unspecified atom stereocenters. The quantitative estimate of drug-likeness (QED) is 0.102. The Morgan fingerprint density at radius 2 is 1.39 bits per heavy atom. The van der Waals surface area contributed by atoms with E-state index in [0.717, 1.165) is 15.4 Å².